The molecule has 0 saturated carbocycles. The number of benzene rings is 2. The summed E-state index contributed by atoms with van der Waals surface area (Å²) < 4.78 is 11.4. The van der Waals surface area contributed by atoms with Crippen LogP contribution in [0.2, 0.25) is 0 Å². The molecule has 31 heavy (non-hydrogen) atoms. The molecule has 6 heteroatoms. The molecule has 0 saturated heterocycles. The standard InChI is InChI=1S/C25H34N2O4/c1-4-5-6-9-17-31-23-11-8-7-10-22(23)25(29)27-26-24(28)20-12-14-21(15-13-20)30-18-16-19(2)3/h7-8,10-15,19H,4-6,9,16-18H2,1-3H3,(H,26,28)(H,27,29). The Kier molecular flexibility index (Phi) is 10.4. The van der Waals surface area contributed by atoms with Gasteiger partial charge >= 0.3 is 0 Å². The van der Waals surface area contributed by atoms with Crippen LogP contribution in [0.3, 0.4) is 0 Å². The molecule has 0 heterocycles. The van der Waals surface area contributed by atoms with Crippen molar-refractivity contribution in [2.45, 2.75) is 52.9 Å². The summed E-state index contributed by atoms with van der Waals surface area (Å²) in [5.41, 5.74) is 5.72. The van der Waals surface area contributed by atoms with Gasteiger partial charge in [-0.05, 0) is 55.2 Å². The zero-order valence-electron chi connectivity index (χ0n) is 18.8. The molecule has 0 fully saturated rings. The Morgan fingerprint density at radius 2 is 1.55 bits per heavy atom. The van der Waals surface area contributed by atoms with Crippen molar-refractivity contribution in [1.29, 1.82) is 0 Å². The first-order chi connectivity index (χ1) is 15.0. The van der Waals surface area contributed by atoms with Crippen molar-refractivity contribution in [1.82, 2.24) is 10.9 Å². The average Bonchev–Trinajstić information content (AvgIpc) is 2.77. The second-order valence-corrected chi connectivity index (χ2v) is 7.87. The van der Waals surface area contributed by atoms with E-state index in [1.54, 1.807) is 42.5 Å². The summed E-state index contributed by atoms with van der Waals surface area (Å²) in [4.78, 5) is 24.9. The van der Waals surface area contributed by atoms with E-state index in [4.69, 9.17) is 9.47 Å². The van der Waals surface area contributed by atoms with E-state index < -0.39 is 11.8 Å². The van der Waals surface area contributed by atoms with Gasteiger partial charge in [0.25, 0.3) is 11.8 Å². The third-order valence-corrected chi connectivity index (χ3v) is 4.76. The highest BCUT2D eigenvalue weighted by Crippen LogP contribution is 2.18. The van der Waals surface area contributed by atoms with E-state index >= 15 is 0 Å². The highest BCUT2D eigenvalue weighted by Gasteiger charge is 2.14. The predicted molar refractivity (Wildman–Crippen MR) is 122 cm³/mol. The molecule has 168 valence electrons. The van der Waals surface area contributed by atoms with Crippen molar-refractivity contribution in [3.63, 3.8) is 0 Å². The molecule has 0 unspecified atom stereocenters. The zero-order chi connectivity index (χ0) is 22.5. The van der Waals surface area contributed by atoms with Crippen LogP contribution in [0, 0.1) is 5.92 Å². The van der Waals surface area contributed by atoms with Gasteiger partial charge in [0.1, 0.15) is 11.5 Å². The maximum Gasteiger partial charge on any atom is 0.273 e. The SMILES string of the molecule is CCCCCCOc1ccccc1C(=O)NNC(=O)c1ccc(OCCC(C)C)cc1. The van der Waals surface area contributed by atoms with E-state index in [2.05, 4.69) is 31.6 Å². The van der Waals surface area contributed by atoms with Gasteiger partial charge in [-0.1, -0.05) is 52.2 Å². The predicted octanol–water partition coefficient (Wildman–Crippen LogP) is 5.15. The Morgan fingerprint density at radius 1 is 0.839 bits per heavy atom. The van der Waals surface area contributed by atoms with Gasteiger partial charge in [-0.25, -0.2) is 0 Å². The number of hydrogen-bond acceptors (Lipinski definition) is 4. The smallest absolute Gasteiger partial charge is 0.273 e. The first kappa shape index (κ1) is 24.3. The maximum absolute atomic E-state index is 12.5. The van der Waals surface area contributed by atoms with Gasteiger partial charge in [-0.2, -0.15) is 0 Å². The molecule has 2 amide bonds. The highest BCUT2D eigenvalue weighted by molar-refractivity contribution is 6.00. The number of unbranched alkanes of at least 4 members (excludes halogenated alkanes) is 3. The lowest BCUT2D eigenvalue weighted by atomic mass is 10.1. The van der Waals surface area contributed by atoms with E-state index in [1.807, 2.05) is 6.07 Å². The number of amides is 2. The van der Waals surface area contributed by atoms with Crippen LogP contribution in [-0.4, -0.2) is 25.0 Å². The molecule has 2 aromatic carbocycles. The lowest BCUT2D eigenvalue weighted by Gasteiger charge is -2.12. The van der Waals surface area contributed by atoms with E-state index in [0.29, 0.717) is 41.8 Å². The summed E-state index contributed by atoms with van der Waals surface area (Å²) in [6.07, 6.45) is 5.34. The topological polar surface area (TPSA) is 76.7 Å². The number of carbonyl (C=O) groups is 2. The van der Waals surface area contributed by atoms with Gasteiger partial charge in [-0.15, -0.1) is 0 Å². The summed E-state index contributed by atoms with van der Waals surface area (Å²) >= 11 is 0. The first-order valence-electron chi connectivity index (χ1n) is 11.1. The fourth-order valence-corrected chi connectivity index (χ4v) is 2.86. The summed E-state index contributed by atoms with van der Waals surface area (Å²) in [7, 11) is 0. The molecule has 0 spiro atoms. The molecular weight excluding hydrogens is 392 g/mol. The quantitative estimate of drug-likeness (QED) is 0.364. The summed E-state index contributed by atoms with van der Waals surface area (Å²) in [6.45, 7) is 7.64. The van der Waals surface area contributed by atoms with Gasteiger partial charge in [0.15, 0.2) is 0 Å². The maximum atomic E-state index is 12.5. The third-order valence-electron chi connectivity index (χ3n) is 4.76. The minimum absolute atomic E-state index is 0.382. The number of carbonyl (C=O) groups excluding carboxylic acids is 2. The lowest BCUT2D eigenvalue weighted by Crippen LogP contribution is -2.41. The van der Waals surface area contributed by atoms with Crippen LogP contribution in [0.1, 0.15) is 73.6 Å². The molecular formula is C25H34N2O4. The highest BCUT2D eigenvalue weighted by atomic mass is 16.5. The Morgan fingerprint density at radius 3 is 2.26 bits per heavy atom. The van der Waals surface area contributed by atoms with Crippen molar-refractivity contribution in [3.8, 4) is 11.5 Å². The Balaban J connectivity index is 1.84. The van der Waals surface area contributed by atoms with Gasteiger partial charge in [0.05, 0.1) is 18.8 Å². The number of rotatable bonds is 12. The normalized spacial score (nSPS) is 10.6. The average molecular weight is 427 g/mol. The van der Waals surface area contributed by atoms with Crippen LogP contribution in [0.4, 0.5) is 0 Å². The summed E-state index contributed by atoms with van der Waals surface area (Å²) in [5.74, 6) is 0.969. The van der Waals surface area contributed by atoms with Crippen molar-refractivity contribution < 1.29 is 19.1 Å². The second-order valence-electron chi connectivity index (χ2n) is 7.87. The minimum Gasteiger partial charge on any atom is -0.494 e. The molecule has 0 aromatic heterocycles. The van der Waals surface area contributed by atoms with Crippen LogP contribution in [0.25, 0.3) is 0 Å². The Hall–Kier alpha value is -3.02. The minimum atomic E-state index is -0.425. The molecule has 2 rings (SSSR count). The van der Waals surface area contributed by atoms with Crippen molar-refractivity contribution in [2.75, 3.05) is 13.2 Å². The second kappa shape index (κ2) is 13.3. The molecule has 6 nitrogen and oxygen atoms in total. The first-order valence-corrected chi connectivity index (χ1v) is 11.1. The number of ether oxygens (including phenoxy) is 2. The van der Waals surface area contributed by atoms with E-state index in [0.717, 1.165) is 25.7 Å². The Bertz CT molecular complexity index is 819. The third kappa shape index (κ3) is 8.70. The summed E-state index contributed by atoms with van der Waals surface area (Å²) in [5, 5.41) is 0. The molecule has 2 N–H and O–H groups in total. The van der Waals surface area contributed by atoms with Crippen LogP contribution >= 0.6 is 0 Å². The van der Waals surface area contributed by atoms with E-state index in [1.165, 1.54) is 6.42 Å². The number of hydrogen-bond donors (Lipinski definition) is 2. The summed E-state index contributed by atoms with van der Waals surface area (Å²) in [6, 6.07) is 13.8. The van der Waals surface area contributed by atoms with Crippen molar-refractivity contribution in [3.05, 3.63) is 59.7 Å². The molecule has 0 atom stereocenters. The largest absolute Gasteiger partial charge is 0.494 e. The van der Waals surface area contributed by atoms with Crippen LogP contribution in [0.5, 0.6) is 11.5 Å². The molecule has 0 aliphatic rings. The fourth-order valence-electron chi connectivity index (χ4n) is 2.86. The lowest BCUT2D eigenvalue weighted by molar-refractivity contribution is 0.0844. The van der Waals surface area contributed by atoms with E-state index in [-0.39, 0.29) is 0 Å². The number of hydrazine groups is 1. The molecule has 0 bridgehead atoms. The van der Waals surface area contributed by atoms with Crippen LogP contribution in [0.15, 0.2) is 48.5 Å². The van der Waals surface area contributed by atoms with Crippen molar-refractivity contribution in [2.24, 2.45) is 5.92 Å². The number of para-hydroxylation sites is 1. The molecule has 0 aliphatic carbocycles. The van der Waals surface area contributed by atoms with Crippen LogP contribution < -0.4 is 20.3 Å². The fraction of sp³-hybridized carbons (Fsp3) is 0.440. The van der Waals surface area contributed by atoms with Gasteiger partial charge < -0.3 is 9.47 Å². The zero-order valence-corrected chi connectivity index (χ0v) is 18.8. The van der Waals surface area contributed by atoms with Crippen LogP contribution in [-0.2, 0) is 0 Å². The monoisotopic (exact) mass is 426 g/mol. The molecule has 0 aliphatic heterocycles. The molecule has 2 aromatic rings. The van der Waals surface area contributed by atoms with Gasteiger partial charge in [-0.3, -0.25) is 20.4 Å². The van der Waals surface area contributed by atoms with Gasteiger partial charge in [0.2, 0.25) is 0 Å². The number of nitrogens with one attached hydrogen (secondary N) is 2. The van der Waals surface area contributed by atoms with E-state index in [9.17, 15) is 9.59 Å². The molecule has 0 radical (unpaired) electrons. The van der Waals surface area contributed by atoms with Crippen molar-refractivity contribution >= 4 is 11.8 Å². The Labute approximate surface area is 185 Å². The van der Waals surface area contributed by atoms with Gasteiger partial charge in [0, 0.05) is 5.56 Å².